The quantitative estimate of drug-likeness (QED) is 0.546. The van der Waals surface area contributed by atoms with Gasteiger partial charge >= 0.3 is 5.97 Å². The molecule has 6 atom stereocenters. The molecule has 0 aromatic carbocycles. The van der Waals surface area contributed by atoms with Gasteiger partial charge in [-0.25, -0.2) is 0 Å². The molecule has 0 aromatic heterocycles. The van der Waals surface area contributed by atoms with Crippen molar-refractivity contribution in [3.63, 3.8) is 0 Å². The van der Waals surface area contributed by atoms with Crippen LogP contribution in [0.15, 0.2) is 0 Å². The molecule has 3 aliphatic rings. The lowest BCUT2D eigenvalue weighted by molar-refractivity contribution is -0.145. The molecule has 0 aromatic rings. The van der Waals surface area contributed by atoms with E-state index in [1.807, 2.05) is 0 Å². The summed E-state index contributed by atoms with van der Waals surface area (Å²) in [7, 11) is 1.55. The molecule has 0 unspecified atom stereocenters. The average Bonchev–Trinajstić information content (AvgIpc) is 2.77. The van der Waals surface area contributed by atoms with Gasteiger partial charge in [0, 0.05) is 13.0 Å². The van der Waals surface area contributed by atoms with E-state index in [0.29, 0.717) is 6.61 Å². The number of aliphatic hydroxyl groups excluding tert-OH is 1. The van der Waals surface area contributed by atoms with Crippen LogP contribution in [0.4, 0.5) is 0 Å². The first-order chi connectivity index (χ1) is 6.74. The maximum atomic E-state index is 11.3. The van der Waals surface area contributed by atoms with Gasteiger partial charge in [0.2, 0.25) is 0 Å². The van der Waals surface area contributed by atoms with Crippen LogP contribution >= 0.6 is 0 Å². The molecular weight excluding hydrogens is 188 g/mol. The second-order valence-electron chi connectivity index (χ2n) is 4.08. The van der Waals surface area contributed by atoms with Crippen LogP contribution < -0.4 is 0 Å². The molecule has 0 radical (unpaired) electrons. The third-order valence-electron chi connectivity index (χ3n) is 3.51. The first-order valence-corrected chi connectivity index (χ1v) is 4.77. The Morgan fingerprint density at radius 2 is 2.29 bits per heavy atom. The molecule has 0 spiro atoms. The third-order valence-corrected chi connectivity index (χ3v) is 3.51. The molecule has 5 nitrogen and oxygen atoms in total. The van der Waals surface area contributed by atoms with Gasteiger partial charge in [-0.15, -0.1) is 0 Å². The summed E-state index contributed by atoms with van der Waals surface area (Å²) >= 11 is 0. The lowest BCUT2D eigenvalue weighted by Crippen LogP contribution is -2.47. The smallest absolute Gasteiger partial charge is 0.312 e. The molecule has 5 heteroatoms. The monoisotopic (exact) mass is 200 g/mol. The second-order valence-corrected chi connectivity index (χ2v) is 4.08. The van der Waals surface area contributed by atoms with E-state index in [0.717, 1.165) is 0 Å². The molecule has 78 valence electrons. The lowest BCUT2D eigenvalue weighted by atomic mass is 9.78. The molecule has 0 saturated carbocycles. The van der Waals surface area contributed by atoms with Gasteiger partial charge in [0.05, 0.1) is 18.6 Å². The molecule has 2 bridgehead atoms. The molecule has 3 rings (SSSR count). The second kappa shape index (κ2) is 2.68. The Morgan fingerprint density at radius 1 is 1.50 bits per heavy atom. The fourth-order valence-electron chi connectivity index (χ4n) is 2.87. The SMILES string of the molecule is CO[C@@H]1[C@H](O)[C@@H]2O[C@@H]1[C@@H]1COC(=O)[C@@H]12. The Bertz CT molecular complexity index is 278. The fraction of sp³-hybridized carbons (Fsp3) is 0.889. The minimum absolute atomic E-state index is 0.0702. The molecule has 0 aliphatic carbocycles. The number of hydrogen-bond acceptors (Lipinski definition) is 5. The van der Waals surface area contributed by atoms with Gasteiger partial charge in [-0.2, -0.15) is 0 Å². The van der Waals surface area contributed by atoms with Gasteiger partial charge in [0.15, 0.2) is 0 Å². The predicted molar refractivity (Wildman–Crippen MR) is 43.4 cm³/mol. The summed E-state index contributed by atoms with van der Waals surface area (Å²) < 4.78 is 15.7. The van der Waals surface area contributed by atoms with Gasteiger partial charge in [0.1, 0.15) is 18.3 Å². The van der Waals surface area contributed by atoms with Crippen molar-refractivity contribution >= 4 is 5.97 Å². The highest BCUT2D eigenvalue weighted by molar-refractivity contribution is 5.76. The minimum atomic E-state index is -0.697. The maximum Gasteiger partial charge on any atom is 0.312 e. The summed E-state index contributed by atoms with van der Waals surface area (Å²) in [5.74, 6) is -0.446. The van der Waals surface area contributed by atoms with Crippen LogP contribution in [0.3, 0.4) is 0 Å². The number of cyclic esters (lactones) is 1. The van der Waals surface area contributed by atoms with E-state index in [9.17, 15) is 9.90 Å². The van der Waals surface area contributed by atoms with E-state index >= 15 is 0 Å². The zero-order valence-electron chi connectivity index (χ0n) is 7.75. The first-order valence-electron chi connectivity index (χ1n) is 4.77. The van der Waals surface area contributed by atoms with Crippen LogP contribution in [0.5, 0.6) is 0 Å². The number of carbonyl (C=O) groups excluding carboxylic acids is 1. The highest BCUT2D eigenvalue weighted by Gasteiger charge is 2.65. The predicted octanol–water partition coefficient (Wildman–Crippen LogP) is -1.07. The Labute approximate surface area is 80.9 Å². The molecule has 3 fully saturated rings. The molecular formula is C9H12O5. The molecule has 14 heavy (non-hydrogen) atoms. The van der Waals surface area contributed by atoms with Crippen LogP contribution in [0, 0.1) is 11.8 Å². The Morgan fingerprint density at radius 3 is 3.00 bits per heavy atom. The van der Waals surface area contributed by atoms with Gasteiger partial charge in [-0.3, -0.25) is 4.79 Å². The average molecular weight is 200 g/mol. The van der Waals surface area contributed by atoms with Crippen LogP contribution in [0.2, 0.25) is 0 Å². The summed E-state index contributed by atoms with van der Waals surface area (Å²) in [6.45, 7) is 0.400. The van der Waals surface area contributed by atoms with Crippen molar-refractivity contribution in [3.05, 3.63) is 0 Å². The van der Waals surface area contributed by atoms with Crippen molar-refractivity contribution < 1.29 is 24.1 Å². The molecule has 3 aliphatic heterocycles. The minimum Gasteiger partial charge on any atom is -0.465 e. The number of esters is 1. The zero-order chi connectivity index (χ0) is 9.87. The van der Waals surface area contributed by atoms with E-state index in [-0.39, 0.29) is 30.0 Å². The van der Waals surface area contributed by atoms with Crippen LogP contribution in [0.25, 0.3) is 0 Å². The number of methoxy groups -OCH3 is 1. The Hall–Kier alpha value is -0.650. The summed E-state index contributed by atoms with van der Waals surface area (Å²) in [5, 5.41) is 9.79. The molecule has 1 N–H and O–H groups in total. The lowest BCUT2D eigenvalue weighted by Gasteiger charge is -2.28. The van der Waals surface area contributed by atoms with E-state index in [2.05, 4.69) is 0 Å². The van der Waals surface area contributed by atoms with Crippen molar-refractivity contribution in [2.24, 2.45) is 11.8 Å². The Balaban J connectivity index is 1.92. The van der Waals surface area contributed by atoms with Crippen molar-refractivity contribution in [2.75, 3.05) is 13.7 Å². The zero-order valence-corrected chi connectivity index (χ0v) is 7.75. The summed E-state index contributed by atoms with van der Waals surface area (Å²) in [4.78, 5) is 11.3. The number of carbonyl (C=O) groups is 1. The van der Waals surface area contributed by atoms with Gasteiger partial charge in [-0.1, -0.05) is 0 Å². The van der Waals surface area contributed by atoms with Gasteiger partial charge < -0.3 is 19.3 Å². The highest BCUT2D eigenvalue weighted by atomic mass is 16.6. The summed E-state index contributed by atoms with van der Waals surface area (Å²) in [6, 6.07) is 0. The topological polar surface area (TPSA) is 65.0 Å². The number of rotatable bonds is 1. The van der Waals surface area contributed by atoms with Crippen molar-refractivity contribution in [1.82, 2.24) is 0 Å². The summed E-state index contributed by atoms with van der Waals surface area (Å²) in [6.07, 6.45) is -1.62. The maximum absolute atomic E-state index is 11.3. The summed E-state index contributed by atoms with van der Waals surface area (Å²) in [5.41, 5.74) is 0. The van der Waals surface area contributed by atoms with Crippen LogP contribution in [0.1, 0.15) is 0 Å². The van der Waals surface area contributed by atoms with Crippen molar-refractivity contribution in [1.29, 1.82) is 0 Å². The standard InChI is InChI=1S/C9H12O5/c1-12-8-5(10)7-4-3(6(8)14-7)2-13-9(4)11/h3-8,10H,2H2,1H3/t3-,4+,5-,6-,7-,8-/m1/s1. The van der Waals surface area contributed by atoms with Crippen LogP contribution in [-0.2, 0) is 19.0 Å². The third kappa shape index (κ3) is 0.827. The van der Waals surface area contributed by atoms with E-state index in [1.165, 1.54) is 0 Å². The highest BCUT2D eigenvalue weighted by Crippen LogP contribution is 2.47. The Kier molecular flexibility index (Phi) is 1.66. The first kappa shape index (κ1) is 8.64. The number of fused-ring (bicyclic) bond motifs is 5. The molecule has 0 amide bonds. The van der Waals surface area contributed by atoms with Gasteiger partial charge in [-0.05, 0) is 0 Å². The van der Waals surface area contributed by atoms with Crippen molar-refractivity contribution in [3.8, 4) is 0 Å². The van der Waals surface area contributed by atoms with Crippen molar-refractivity contribution in [2.45, 2.75) is 24.4 Å². The van der Waals surface area contributed by atoms with Crippen LogP contribution in [-0.4, -0.2) is 49.2 Å². The largest absolute Gasteiger partial charge is 0.465 e. The molecule has 3 saturated heterocycles. The van der Waals surface area contributed by atoms with E-state index in [1.54, 1.807) is 7.11 Å². The normalized spacial score (nSPS) is 54.9. The fourth-order valence-corrected chi connectivity index (χ4v) is 2.87. The van der Waals surface area contributed by atoms with E-state index in [4.69, 9.17) is 14.2 Å². The molecule has 3 heterocycles. The number of aliphatic hydroxyl groups is 1. The van der Waals surface area contributed by atoms with Gasteiger partial charge in [0.25, 0.3) is 0 Å². The van der Waals surface area contributed by atoms with E-state index < -0.39 is 12.2 Å². The number of hydrogen-bond donors (Lipinski definition) is 1. The number of ether oxygens (including phenoxy) is 3.